The number of nitrogens with zero attached hydrogens (tertiary/aromatic N) is 1. The van der Waals surface area contributed by atoms with E-state index in [0.717, 1.165) is 16.5 Å². The van der Waals surface area contributed by atoms with Gasteiger partial charge in [0.2, 0.25) is 10.0 Å². The van der Waals surface area contributed by atoms with Gasteiger partial charge in [-0.1, -0.05) is 36.2 Å². The zero-order chi connectivity index (χ0) is 14.8. The summed E-state index contributed by atoms with van der Waals surface area (Å²) in [6.07, 6.45) is 0.957. The third-order valence-corrected chi connectivity index (χ3v) is 6.80. The largest absolute Gasteiger partial charge is 0.243 e. The maximum absolute atomic E-state index is 12.5. The van der Waals surface area contributed by atoms with Crippen molar-refractivity contribution < 1.29 is 8.42 Å². The predicted molar refractivity (Wildman–Crippen MR) is 85.8 cm³/mol. The zero-order valence-corrected chi connectivity index (χ0v) is 15.6. The number of halogens is 2. The van der Waals surface area contributed by atoms with Crippen LogP contribution in [-0.2, 0) is 10.0 Å². The summed E-state index contributed by atoms with van der Waals surface area (Å²) < 4.78 is 27.9. The highest BCUT2D eigenvalue weighted by molar-refractivity contribution is 9.11. The Morgan fingerprint density at radius 1 is 1.26 bits per heavy atom. The van der Waals surface area contributed by atoms with Crippen LogP contribution >= 0.6 is 31.9 Å². The van der Waals surface area contributed by atoms with Crippen molar-refractivity contribution in [2.45, 2.75) is 32.1 Å². The van der Waals surface area contributed by atoms with Crippen LogP contribution < -0.4 is 0 Å². The first-order valence-electron chi connectivity index (χ1n) is 6.12. The molecule has 0 aliphatic carbocycles. The Morgan fingerprint density at radius 2 is 1.84 bits per heavy atom. The van der Waals surface area contributed by atoms with Gasteiger partial charge in [0.1, 0.15) is 0 Å². The Balaban J connectivity index is 3.17. The van der Waals surface area contributed by atoms with Gasteiger partial charge < -0.3 is 0 Å². The molecule has 1 unspecified atom stereocenters. The van der Waals surface area contributed by atoms with E-state index in [1.54, 1.807) is 13.1 Å². The Hall–Kier alpha value is 0.0900. The topological polar surface area (TPSA) is 37.4 Å². The molecule has 0 radical (unpaired) electrons. The van der Waals surface area contributed by atoms with Crippen molar-refractivity contribution in [3.63, 3.8) is 0 Å². The highest BCUT2D eigenvalue weighted by atomic mass is 79.9. The second kappa shape index (κ2) is 6.70. The Bertz CT molecular complexity index is 558. The van der Waals surface area contributed by atoms with Crippen molar-refractivity contribution in [1.82, 2.24) is 4.31 Å². The second-order valence-electron chi connectivity index (χ2n) is 4.83. The van der Waals surface area contributed by atoms with E-state index in [1.165, 1.54) is 4.31 Å². The van der Waals surface area contributed by atoms with Crippen molar-refractivity contribution in [3.8, 4) is 0 Å². The lowest BCUT2D eigenvalue weighted by Crippen LogP contribution is -2.31. The maximum atomic E-state index is 12.5. The van der Waals surface area contributed by atoms with Crippen LogP contribution in [0.15, 0.2) is 26.0 Å². The van der Waals surface area contributed by atoms with E-state index in [9.17, 15) is 8.42 Å². The molecule has 1 rings (SSSR count). The number of aryl methyl sites for hydroxylation is 1. The standard InChI is InChI=1S/C13H19Br2NO2S/c1-5-9(2)8-16(4)19(17,18)13-7-11(14)10(3)6-12(13)15/h6-7,9H,5,8H2,1-4H3. The predicted octanol–water partition coefficient (Wildman–Crippen LogP) is 4.19. The number of sulfonamides is 1. The van der Waals surface area contributed by atoms with Crippen LogP contribution in [0.3, 0.4) is 0 Å². The normalized spacial score (nSPS) is 13.8. The van der Waals surface area contributed by atoms with Gasteiger partial charge in [0.05, 0.1) is 4.90 Å². The van der Waals surface area contributed by atoms with Gasteiger partial charge in [0.15, 0.2) is 0 Å². The highest BCUT2D eigenvalue weighted by Gasteiger charge is 2.25. The number of hydrogen-bond donors (Lipinski definition) is 0. The van der Waals surface area contributed by atoms with Gasteiger partial charge >= 0.3 is 0 Å². The molecule has 1 atom stereocenters. The minimum absolute atomic E-state index is 0.302. The minimum Gasteiger partial charge on any atom is -0.207 e. The molecule has 0 aliphatic heterocycles. The summed E-state index contributed by atoms with van der Waals surface area (Å²) in [5.74, 6) is 0.340. The van der Waals surface area contributed by atoms with Crippen LogP contribution in [0.2, 0.25) is 0 Å². The van der Waals surface area contributed by atoms with Crippen molar-refractivity contribution in [1.29, 1.82) is 0 Å². The molecular weight excluding hydrogens is 394 g/mol. The molecule has 0 bridgehead atoms. The first kappa shape index (κ1) is 17.1. The summed E-state index contributed by atoms with van der Waals surface area (Å²) in [5.41, 5.74) is 0.996. The van der Waals surface area contributed by atoms with E-state index >= 15 is 0 Å². The van der Waals surface area contributed by atoms with Crippen LogP contribution in [0.4, 0.5) is 0 Å². The van der Waals surface area contributed by atoms with Crippen molar-refractivity contribution in [3.05, 3.63) is 26.6 Å². The Morgan fingerprint density at radius 3 is 2.37 bits per heavy atom. The van der Waals surface area contributed by atoms with E-state index < -0.39 is 10.0 Å². The van der Waals surface area contributed by atoms with E-state index in [4.69, 9.17) is 0 Å². The third-order valence-electron chi connectivity index (χ3n) is 3.17. The molecule has 0 N–H and O–H groups in total. The summed E-state index contributed by atoms with van der Waals surface area (Å²) in [7, 11) is -1.83. The van der Waals surface area contributed by atoms with Gasteiger partial charge in [-0.05, 0) is 46.5 Å². The maximum Gasteiger partial charge on any atom is 0.243 e. The second-order valence-corrected chi connectivity index (χ2v) is 8.55. The minimum atomic E-state index is -3.46. The highest BCUT2D eigenvalue weighted by Crippen LogP contribution is 2.30. The van der Waals surface area contributed by atoms with Crippen LogP contribution in [0.1, 0.15) is 25.8 Å². The molecule has 0 saturated heterocycles. The van der Waals surface area contributed by atoms with Gasteiger partial charge in [-0.25, -0.2) is 12.7 Å². The number of benzene rings is 1. The third kappa shape index (κ3) is 4.03. The molecule has 0 aromatic heterocycles. The molecule has 1 aromatic rings. The zero-order valence-electron chi connectivity index (χ0n) is 11.6. The summed E-state index contributed by atoms with van der Waals surface area (Å²) in [6, 6.07) is 3.47. The Labute approximate surface area is 132 Å². The van der Waals surface area contributed by atoms with E-state index in [1.807, 2.05) is 19.9 Å². The first-order valence-corrected chi connectivity index (χ1v) is 9.14. The lowest BCUT2D eigenvalue weighted by Gasteiger charge is -2.21. The fourth-order valence-electron chi connectivity index (χ4n) is 1.66. The lowest BCUT2D eigenvalue weighted by molar-refractivity contribution is 0.393. The van der Waals surface area contributed by atoms with Gasteiger partial charge in [0.25, 0.3) is 0 Å². The lowest BCUT2D eigenvalue weighted by atomic mass is 10.1. The monoisotopic (exact) mass is 411 g/mol. The first-order chi connectivity index (χ1) is 8.70. The molecule has 0 aliphatic rings. The van der Waals surface area contributed by atoms with Crippen molar-refractivity contribution in [2.24, 2.45) is 5.92 Å². The Kier molecular flexibility index (Phi) is 6.04. The quantitative estimate of drug-likeness (QED) is 0.727. The van der Waals surface area contributed by atoms with E-state index in [0.29, 0.717) is 21.8 Å². The van der Waals surface area contributed by atoms with Crippen LogP contribution in [0, 0.1) is 12.8 Å². The van der Waals surface area contributed by atoms with Gasteiger partial charge in [-0.2, -0.15) is 0 Å². The van der Waals surface area contributed by atoms with E-state index in [2.05, 4.69) is 38.8 Å². The van der Waals surface area contributed by atoms with Gasteiger partial charge in [-0.15, -0.1) is 0 Å². The van der Waals surface area contributed by atoms with Crippen LogP contribution in [-0.4, -0.2) is 26.3 Å². The number of hydrogen-bond acceptors (Lipinski definition) is 2. The van der Waals surface area contributed by atoms with Crippen LogP contribution in [0.5, 0.6) is 0 Å². The molecule has 0 saturated carbocycles. The molecule has 6 heteroatoms. The molecule has 3 nitrogen and oxygen atoms in total. The van der Waals surface area contributed by atoms with Crippen molar-refractivity contribution >= 4 is 41.9 Å². The SMILES string of the molecule is CCC(C)CN(C)S(=O)(=O)c1cc(Br)c(C)cc1Br. The molecule has 1 aromatic carbocycles. The van der Waals surface area contributed by atoms with Crippen LogP contribution in [0.25, 0.3) is 0 Å². The smallest absolute Gasteiger partial charge is 0.207 e. The summed E-state index contributed by atoms with van der Waals surface area (Å²) in [6.45, 7) is 6.56. The molecule has 19 heavy (non-hydrogen) atoms. The average molecular weight is 413 g/mol. The summed E-state index contributed by atoms with van der Waals surface area (Å²) in [5, 5.41) is 0. The molecular formula is C13H19Br2NO2S. The van der Waals surface area contributed by atoms with Gasteiger partial charge in [0, 0.05) is 22.5 Å². The summed E-state index contributed by atoms with van der Waals surface area (Å²) in [4.78, 5) is 0.302. The van der Waals surface area contributed by atoms with Crippen molar-refractivity contribution in [2.75, 3.05) is 13.6 Å². The van der Waals surface area contributed by atoms with E-state index in [-0.39, 0.29) is 0 Å². The fraction of sp³-hybridized carbons (Fsp3) is 0.538. The summed E-state index contributed by atoms with van der Waals surface area (Å²) >= 11 is 6.72. The molecule has 108 valence electrons. The fourth-order valence-corrected chi connectivity index (χ4v) is 4.58. The molecule has 0 heterocycles. The molecule has 0 fully saturated rings. The molecule has 0 spiro atoms. The van der Waals surface area contributed by atoms with Gasteiger partial charge in [-0.3, -0.25) is 0 Å². The number of rotatable bonds is 5. The average Bonchev–Trinajstić information content (AvgIpc) is 2.33. The molecule has 0 amide bonds.